The molecule has 2 nitrogen and oxygen atoms in total. The van der Waals surface area contributed by atoms with Gasteiger partial charge in [0.15, 0.2) is 0 Å². The molecule has 2 aromatic heterocycles. The van der Waals surface area contributed by atoms with Crippen molar-refractivity contribution in [1.82, 2.24) is 0 Å². The summed E-state index contributed by atoms with van der Waals surface area (Å²) < 4.78 is 41.0. The summed E-state index contributed by atoms with van der Waals surface area (Å²) in [6.45, 7) is 4.03. The number of allylic oxidation sites excluding steroid dienone is 2. The van der Waals surface area contributed by atoms with Gasteiger partial charge in [-0.25, -0.2) is 8.78 Å². The van der Waals surface area contributed by atoms with Gasteiger partial charge in [0.2, 0.25) is 0 Å². The summed E-state index contributed by atoms with van der Waals surface area (Å²) in [5, 5.41) is 0. The molecule has 280 valence electrons. The molecule has 0 saturated heterocycles. The van der Waals surface area contributed by atoms with Crippen LogP contribution in [0.2, 0.25) is 12.1 Å². The Morgan fingerprint density at radius 1 is 0.607 bits per heavy atom. The number of hydrogen-bond donors (Lipinski definition) is 0. The van der Waals surface area contributed by atoms with Gasteiger partial charge in [-0.15, -0.1) is 0 Å². The van der Waals surface area contributed by atoms with E-state index < -0.39 is 20.8 Å². The molecule has 0 amide bonds. The number of hydrogen-bond acceptors (Lipinski definition) is 2. The molecule has 0 N–H and O–H groups in total. The fourth-order valence-corrected chi connectivity index (χ4v) is 11.3. The Kier molecular flexibility index (Phi) is 10.9. The van der Waals surface area contributed by atoms with E-state index in [1.54, 1.807) is 24.3 Å². The van der Waals surface area contributed by atoms with Crippen molar-refractivity contribution in [3.8, 4) is 22.3 Å². The van der Waals surface area contributed by atoms with E-state index in [0.29, 0.717) is 9.52 Å². The van der Waals surface area contributed by atoms with Gasteiger partial charge in [0, 0.05) is 32.5 Å². The second kappa shape index (κ2) is 16.0. The molecule has 2 unspecified atom stereocenters. The summed E-state index contributed by atoms with van der Waals surface area (Å²) in [5.41, 5.74) is 18.2. The molecule has 4 aliphatic carbocycles. The second-order valence-corrected chi connectivity index (χ2v) is 20.4. The van der Waals surface area contributed by atoms with E-state index in [1.165, 1.54) is 66.8 Å². The normalized spacial score (nSPS) is 17.5. The van der Waals surface area contributed by atoms with Gasteiger partial charge < -0.3 is 8.83 Å². The van der Waals surface area contributed by atoms with E-state index in [1.807, 2.05) is 38.1 Å². The van der Waals surface area contributed by atoms with Gasteiger partial charge in [-0.1, -0.05) is 36.4 Å². The van der Waals surface area contributed by atoms with Gasteiger partial charge in [-0.2, -0.15) is 0 Å². The van der Waals surface area contributed by atoms with Crippen molar-refractivity contribution >= 4 is 49.8 Å². The Bertz CT molecular complexity index is 2340. The van der Waals surface area contributed by atoms with Gasteiger partial charge in [-0.3, -0.25) is 0 Å². The topological polar surface area (TPSA) is 26.3 Å². The fraction of sp³-hybridized carbons (Fsp3) is 0.250. The van der Waals surface area contributed by atoms with E-state index in [0.717, 1.165) is 84.8 Å². The van der Waals surface area contributed by atoms with Crippen LogP contribution in [0.15, 0.2) is 93.8 Å². The minimum atomic E-state index is -0.826. The zero-order chi connectivity index (χ0) is 38.5. The van der Waals surface area contributed by atoms with Crippen molar-refractivity contribution in [3.63, 3.8) is 0 Å². The molecule has 2 atom stereocenters. The summed E-state index contributed by atoms with van der Waals surface area (Å²) in [7, 11) is 10.5. The summed E-state index contributed by atoms with van der Waals surface area (Å²) >= 11 is -0.826. The Balaban J connectivity index is 0.00000133. The summed E-state index contributed by atoms with van der Waals surface area (Å²) in [6.07, 6.45) is 11.3. The van der Waals surface area contributed by atoms with E-state index in [9.17, 15) is 8.78 Å². The standard InChI is InChI=1S/C48H40F2O2Si.2ClH.Zr/c1-27-9-19-45(51-27)39-23-41-37(21-31-5-3-7-35(31)47(41)29-11-15-33(49)16-12-29)43(39)25-53-26-44-38-22-32-6-4-8-36(32)48(30-13-17-34(50)18-14-30)42(38)24-40(44)46-20-10-28(2)52-46;;;/h9-24,43-44H,3-8,25-26H2,1-2H3;2*1H;/q;;;+2/p-2. The summed E-state index contributed by atoms with van der Waals surface area (Å²) in [6, 6.07) is 29.5. The third-order valence-electron chi connectivity index (χ3n) is 12.1. The molecule has 0 spiro atoms. The molecule has 6 aromatic rings. The monoisotopic (exact) mass is 874 g/mol. The van der Waals surface area contributed by atoms with Crippen LogP contribution in [0.25, 0.3) is 45.6 Å². The first-order chi connectivity index (χ1) is 27.3. The summed E-state index contributed by atoms with van der Waals surface area (Å²) in [5.74, 6) is 3.69. The van der Waals surface area contributed by atoms with Crippen LogP contribution in [0.5, 0.6) is 0 Å². The van der Waals surface area contributed by atoms with Crippen molar-refractivity contribution in [1.29, 1.82) is 0 Å². The average Bonchev–Trinajstić information content (AvgIpc) is 4.05. The maximum atomic E-state index is 14.1. The number of furan rings is 2. The first-order valence-electron chi connectivity index (χ1n) is 19.4. The van der Waals surface area contributed by atoms with E-state index in [4.69, 9.17) is 25.9 Å². The van der Waals surface area contributed by atoms with Crippen molar-refractivity contribution in [2.24, 2.45) is 0 Å². The van der Waals surface area contributed by atoms with Gasteiger partial charge in [-0.05, 0) is 192 Å². The molecular weight excluding hydrogens is 837 g/mol. The third kappa shape index (κ3) is 7.04. The predicted octanol–water partition coefficient (Wildman–Crippen LogP) is 14.0. The van der Waals surface area contributed by atoms with E-state index in [2.05, 4.69) is 48.6 Å². The molecule has 0 bridgehead atoms. The third-order valence-corrected chi connectivity index (χ3v) is 13.5. The number of aryl methyl sites for hydroxylation is 4. The number of rotatable bonds is 8. The molecule has 10 rings (SSSR count). The first-order valence-corrected chi connectivity index (χ1v) is 27.2. The Labute approximate surface area is 348 Å². The molecule has 4 aromatic carbocycles. The molecule has 0 saturated carbocycles. The molecule has 8 heteroatoms. The van der Waals surface area contributed by atoms with Crippen LogP contribution in [0.1, 0.15) is 92.2 Å². The molecule has 4 aliphatic rings. The minimum absolute atomic E-state index is 0.202. The quantitative estimate of drug-likeness (QED) is 0.142. The van der Waals surface area contributed by atoms with Crippen LogP contribution in [0.4, 0.5) is 8.78 Å². The Morgan fingerprint density at radius 3 is 1.39 bits per heavy atom. The molecule has 0 fully saturated rings. The van der Waals surface area contributed by atoms with Crippen molar-refractivity contribution in [3.05, 3.63) is 164 Å². The van der Waals surface area contributed by atoms with Crippen molar-refractivity contribution in [2.45, 2.75) is 76.3 Å². The Hall–Kier alpha value is -3.54. The molecule has 2 radical (unpaired) electrons. The molecule has 0 aliphatic heterocycles. The zero-order valence-corrected chi connectivity index (χ0v) is 36.3. The van der Waals surface area contributed by atoms with Crippen LogP contribution in [0.3, 0.4) is 0 Å². The fourth-order valence-electron chi connectivity index (χ4n) is 9.67. The molecular formula is C48H40Cl2F2O2SiZr. The Morgan fingerprint density at radius 2 is 1.02 bits per heavy atom. The maximum absolute atomic E-state index is 14.1. The van der Waals surface area contributed by atoms with Crippen LogP contribution in [-0.2, 0) is 46.5 Å². The predicted molar refractivity (Wildman–Crippen MR) is 223 cm³/mol. The van der Waals surface area contributed by atoms with Gasteiger partial charge in [0.05, 0.1) is 0 Å². The number of fused-ring (bicyclic) bond motifs is 4. The number of benzene rings is 4. The average molecular weight is 877 g/mol. The SMILES string of the molecule is Cc1ccc(C2=Cc3c(cc4c(c3-c3ccc(F)cc3)CCC4)C2C[Si]CC2C(c3ccc(C)o3)=Cc3c2cc2c(c3-c3ccc(F)cc3)CCC2)o1.[Cl][Zr][Cl]. The second-order valence-electron chi connectivity index (χ2n) is 15.4. The van der Waals surface area contributed by atoms with E-state index in [-0.39, 0.29) is 23.5 Å². The number of halogens is 4. The van der Waals surface area contributed by atoms with Gasteiger partial charge in [0.1, 0.15) is 34.7 Å². The molecule has 2 heterocycles. The van der Waals surface area contributed by atoms with Crippen molar-refractivity contribution in [2.75, 3.05) is 0 Å². The first kappa shape index (κ1) is 38.0. The van der Waals surface area contributed by atoms with Gasteiger partial charge in [0.25, 0.3) is 0 Å². The molecule has 56 heavy (non-hydrogen) atoms. The van der Waals surface area contributed by atoms with Crippen LogP contribution in [0, 0.1) is 25.5 Å². The van der Waals surface area contributed by atoms with Gasteiger partial charge >= 0.3 is 37.9 Å². The van der Waals surface area contributed by atoms with Crippen molar-refractivity contribution < 1.29 is 38.5 Å². The summed E-state index contributed by atoms with van der Waals surface area (Å²) in [4.78, 5) is 0. The van der Waals surface area contributed by atoms with Crippen LogP contribution in [-0.4, -0.2) is 9.52 Å². The van der Waals surface area contributed by atoms with Crippen LogP contribution >= 0.6 is 17.0 Å². The zero-order valence-electron chi connectivity index (χ0n) is 31.4. The van der Waals surface area contributed by atoms with E-state index >= 15 is 0 Å². The van der Waals surface area contributed by atoms with Crippen LogP contribution < -0.4 is 0 Å².